The molecule has 0 spiro atoms. The number of rotatable bonds is 5. The molecule has 0 aliphatic carbocycles. The highest BCUT2D eigenvalue weighted by atomic mass is 32.1. The van der Waals surface area contributed by atoms with Gasteiger partial charge in [-0.05, 0) is 24.3 Å². The van der Waals surface area contributed by atoms with Crippen molar-refractivity contribution in [2.24, 2.45) is 5.73 Å². The summed E-state index contributed by atoms with van der Waals surface area (Å²) in [4.78, 5) is -0.0939. The number of thiocarbonyl (C=S) groups is 1. The van der Waals surface area contributed by atoms with Gasteiger partial charge in [0.05, 0.1) is 12.1 Å². The lowest BCUT2D eigenvalue weighted by Crippen LogP contribution is -2.15. The van der Waals surface area contributed by atoms with Crippen LogP contribution in [0.15, 0.2) is 36.7 Å². The molecule has 2 N–H and O–H groups in total. The molecule has 2 aromatic rings. The molecule has 0 fully saturated rings. The smallest absolute Gasteiger partial charge is 0.419 e. The van der Waals surface area contributed by atoms with Crippen LogP contribution in [0.25, 0.3) is 0 Å². The van der Waals surface area contributed by atoms with Crippen molar-refractivity contribution >= 4 is 17.2 Å². The highest BCUT2D eigenvalue weighted by Gasteiger charge is 2.34. The average Bonchev–Trinajstić information content (AvgIpc) is 2.90. The highest BCUT2D eigenvalue weighted by molar-refractivity contribution is 7.80. The Hall–Kier alpha value is -2.09. The van der Waals surface area contributed by atoms with E-state index >= 15 is 0 Å². The predicted molar refractivity (Wildman–Crippen MR) is 75.1 cm³/mol. The van der Waals surface area contributed by atoms with E-state index in [-0.39, 0.29) is 22.9 Å². The van der Waals surface area contributed by atoms with E-state index < -0.39 is 11.7 Å². The predicted octanol–water partition coefficient (Wildman–Crippen LogP) is 2.62. The van der Waals surface area contributed by atoms with Crippen molar-refractivity contribution in [3.8, 4) is 5.75 Å². The van der Waals surface area contributed by atoms with Crippen molar-refractivity contribution in [1.29, 1.82) is 0 Å². The van der Waals surface area contributed by atoms with Gasteiger partial charge in [-0.3, -0.25) is 4.68 Å². The van der Waals surface area contributed by atoms with Crippen LogP contribution in [-0.4, -0.2) is 21.4 Å². The minimum absolute atomic E-state index is 0.0666. The van der Waals surface area contributed by atoms with E-state index in [9.17, 15) is 13.2 Å². The molecule has 0 aliphatic heterocycles. The quantitative estimate of drug-likeness (QED) is 0.862. The van der Waals surface area contributed by atoms with Gasteiger partial charge >= 0.3 is 6.18 Å². The topological polar surface area (TPSA) is 53.1 Å². The molecule has 1 heterocycles. The summed E-state index contributed by atoms with van der Waals surface area (Å²) in [5.74, 6) is -0.255. The minimum Gasteiger partial charge on any atom is -0.491 e. The second-order valence-corrected chi connectivity index (χ2v) is 4.63. The van der Waals surface area contributed by atoms with Crippen molar-refractivity contribution in [3.63, 3.8) is 0 Å². The van der Waals surface area contributed by atoms with Gasteiger partial charge in [-0.15, -0.1) is 0 Å². The Labute approximate surface area is 124 Å². The lowest BCUT2D eigenvalue weighted by molar-refractivity contribution is -0.139. The fourth-order valence-electron chi connectivity index (χ4n) is 1.71. The van der Waals surface area contributed by atoms with Gasteiger partial charge in [0.2, 0.25) is 0 Å². The molecule has 112 valence electrons. The molecule has 0 saturated carbocycles. The first-order valence-electron chi connectivity index (χ1n) is 5.99. The zero-order valence-electron chi connectivity index (χ0n) is 10.8. The van der Waals surface area contributed by atoms with Crippen molar-refractivity contribution < 1.29 is 17.9 Å². The normalized spacial score (nSPS) is 11.4. The largest absolute Gasteiger partial charge is 0.491 e. The maximum Gasteiger partial charge on any atom is 0.419 e. The lowest BCUT2D eigenvalue weighted by atomic mass is 10.1. The van der Waals surface area contributed by atoms with E-state index in [1.54, 1.807) is 23.1 Å². The van der Waals surface area contributed by atoms with Crippen molar-refractivity contribution in [1.82, 2.24) is 9.78 Å². The van der Waals surface area contributed by atoms with Crippen LogP contribution in [0.3, 0.4) is 0 Å². The van der Waals surface area contributed by atoms with Crippen molar-refractivity contribution in [3.05, 3.63) is 47.8 Å². The van der Waals surface area contributed by atoms with Crippen LogP contribution in [0.2, 0.25) is 0 Å². The third-order valence-corrected chi connectivity index (χ3v) is 2.94. The molecular weight excluding hydrogens is 303 g/mol. The third-order valence-electron chi connectivity index (χ3n) is 2.71. The first-order valence-corrected chi connectivity index (χ1v) is 6.40. The Bertz CT molecular complexity index is 626. The molecule has 0 atom stereocenters. The third kappa shape index (κ3) is 3.94. The molecule has 0 aliphatic rings. The molecule has 1 aromatic carbocycles. The van der Waals surface area contributed by atoms with Gasteiger partial charge in [0.1, 0.15) is 17.3 Å². The van der Waals surface area contributed by atoms with Gasteiger partial charge in [-0.2, -0.15) is 18.3 Å². The molecule has 0 unspecified atom stereocenters. The summed E-state index contributed by atoms with van der Waals surface area (Å²) in [6, 6.07) is 5.24. The number of nitrogens with zero attached hydrogens (tertiary/aromatic N) is 2. The number of nitrogens with two attached hydrogens (primary N) is 1. The van der Waals surface area contributed by atoms with Crippen LogP contribution in [0.5, 0.6) is 5.75 Å². The number of hydrogen-bond acceptors (Lipinski definition) is 3. The van der Waals surface area contributed by atoms with Crippen LogP contribution >= 0.6 is 12.2 Å². The Morgan fingerprint density at radius 3 is 2.71 bits per heavy atom. The van der Waals surface area contributed by atoms with Crippen LogP contribution in [0.4, 0.5) is 13.2 Å². The van der Waals surface area contributed by atoms with E-state index in [4.69, 9.17) is 10.5 Å². The zero-order chi connectivity index (χ0) is 15.5. The van der Waals surface area contributed by atoms with E-state index in [1.165, 1.54) is 12.1 Å². The summed E-state index contributed by atoms with van der Waals surface area (Å²) in [6.45, 7) is 0.415. The summed E-state index contributed by atoms with van der Waals surface area (Å²) in [5.41, 5.74) is 4.61. The van der Waals surface area contributed by atoms with E-state index in [0.717, 1.165) is 6.07 Å². The molecule has 0 radical (unpaired) electrons. The minimum atomic E-state index is -4.54. The molecule has 1 aromatic heterocycles. The number of hydrogen-bond donors (Lipinski definition) is 1. The molecule has 0 saturated heterocycles. The number of ether oxygens (including phenoxy) is 1. The zero-order valence-corrected chi connectivity index (χ0v) is 11.6. The van der Waals surface area contributed by atoms with Gasteiger partial charge in [0, 0.05) is 18.0 Å². The van der Waals surface area contributed by atoms with Crippen molar-refractivity contribution in [2.45, 2.75) is 12.7 Å². The Balaban J connectivity index is 2.16. The summed E-state index contributed by atoms with van der Waals surface area (Å²) in [6.07, 6.45) is -1.26. The molecular formula is C13H12F3N3OS. The maximum atomic E-state index is 13.0. The van der Waals surface area contributed by atoms with Crippen LogP contribution in [0.1, 0.15) is 11.1 Å². The molecule has 8 heteroatoms. The molecule has 2 rings (SSSR count). The monoisotopic (exact) mass is 315 g/mol. The van der Waals surface area contributed by atoms with E-state index in [1.807, 2.05) is 0 Å². The van der Waals surface area contributed by atoms with Crippen LogP contribution < -0.4 is 10.5 Å². The second-order valence-electron chi connectivity index (χ2n) is 4.19. The Kier molecular flexibility index (Phi) is 4.46. The Morgan fingerprint density at radius 2 is 2.14 bits per heavy atom. The first kappa shape index (κ1) is 15.3. The number of halogens is 3. The number of aromatic nitrogens is 2. The first-order chi connectivity index (χ1) is 9.88. The highest BCUT2D eigenvalue weighted by Crippen LogP contribution is 2.36. The standard InChI is InChI=1S/C13H12F3N3OS/c14-13(15,16)10-8-9(12(17)21)2-3-11(10)20-7-6-19-5-1-4-18-19/h1-5,8H,6-7H2,(H2,17,21). The average molecular weight is 315 g/mol. The number of benzene rings is 1. The molecule has 0 amide bonds. The lowest BCUT2D eigenvalue weighted by Gasteiger charge is -2.15. The molecule has 21 heavy (non-hydrogen) atoms. The second kappa shape index (κ2) is 6.13. The summed E-state index contributed by atoms with van der Waals surface area (Å²) >= 11 is 4.69. The molecule has 4 nitrogen and oxygen atoms in total. The summed E-state index contributed by atoms with van der Waals surface area (Å²) in [5, 5.41) is 3.94. The van der Waals surface area contributed by atoms with Gasteiger partial charge in [0.25, 0.3) is 0 Å². The Morgan fingerprint density at radius 1 is 1.38 bits per heavy atom. The van der Waals surface area contributed by atoms with Gasteiger partial charge in [-0.1, -0.05) is 12.2 Å². The maximum absolute atomic E-state index is 13.0. The van der Waals surface area contributed by atoms with Gasteiger partial charge < -0.3 is 10.5 Å². The SMILES string of the molecule is NC(=S)c1ccc(OCCn2cccn2)c(C(F)(F)F)c1. The van der Waals surface area contributed by atoms with Gasteiger partial charge in [0.15, 0.2) is 0 Å². The van der Waals surface area contributed by atoms with Gasteiger partial charge in [-0.25, -0.2) is 0 Å². The molecule has 0 bridgehead atoms. The fourth-order valence-corrected chi connectivity index (χ4v) is 1.84. The van der Waals surface area contributed by atoms with Crippen molar-refractivity contribution in [2.75, 3.05) is 6.61 Å². The fraction of sp³-hybridized carbons (Fsp3) is 0.231. The van der Waals surface area contributed by atoms with Crippen LogP contribution in [0, 0.1) is 0 Å². The number of alkyl halides is 3. The summed E-state index contributed by atoms with van der Waals surface area (Å²) < 4.78 is 45.8. The van der Waals surface area contributed by atoms with E-state index in [2.05, 4.69) is 17.3 Å². The van der Waals surface area contributed by atoms with Crippen LogP contribution in [-0.2, 0) is 12.7 Å². The summed E-state index contributed by atoms with van der Waals surface area (Å²) in [7, 11) is 0. The van der Waals surface area contributed by atoms with E-state index in [0.29, 0.717) is 6.54 Å².